The van der Waals surface area contributed by atoms with Crippen LogP contribution in [0.3, 0.4) is 0 Å². The lowest BCUT2D eigenvalue weighted by Gasteiger charge is -2.26. The highest BCUT2D eigenvalue weighted by molar-refractivity contribution is 5.58. The van der Waals surface area contributed by atoms with Crippen molar-refractivity contribution < 1.29 is 5.11 Å². The molecule has 1 aromatic carbocycles. The number of aryl methyl sites for hydroxylation is 2. The van der Waals surface area contributed by atoms with Crippen LogP contribution in [0.4, 0.5) is 5.69 Å². The molecule has 0 saturated heterocycles. The fourth-order valence-corrected chi connectivity index (χ4v) is 1.73. The average Bonchev–Trinajstić information content (AvgIpc) is 2.15. The number of hydrogen-bond donors (Lipinski definition) is 0. The van der Waals surface area contributed by atoms with E-state index in [0.29, 0.717) is 0 Å². The second-order valence-electron chi connectivity index (χ2n) is 3.58. The summed E-state index contributed by atoms with van der Waals surface area (Å²) in [6.07, 6.45) is 0. The van der Waals surface area contributed by atoms with Gasteiger partial charge in [0.15, 0.2) is 0 Å². The van der Waals surface area contributed by atoms with Crippen molar-refractivity contribution in [1.82, 2.24) is 0 Å². The maximum absolute atomic E-state index is 11.5. The zero-order chi connectivity index (χ0) is 10.7. The summed E-state index contributed by atoms with van der Waals surface area (Å²) in [5.74, 6) is 0.137. The Balaban J connectivity index is 3.14. The van der Waals surface area contributed by atoms with Crippen molar-refractivity contribution in [3.05, 3.63) is 23.3 Å². The van der Waals surface area contributed by atoms with Gasteiger partial charge >= 0.3 is 0 Å². The lowest BCUT2D eigenvalue weighted by Crippen LogP contribution is -2.23. The van der Waals surface area contributed by atoms with Crippen molar-refractivity contribution in [1.29, 1.82) is 0 Å². The summed E-state index contributed by atoms with van der Waals surface area (Å²) in [7, 11) is 0. The molecule has 1 aromatic rings. The summed E-state index contributed by atoms with van der Waals surface area (Å²) in [4.78, 5) is 2.20. The van der Waals surface area contributed by atoms with Crippen LogP contribution in [0.2, 0.25) is 0 Å². The molecule has 78 valence electrons. The third-order valence-corrected chi connectivity index (χ3v) is 2.60. The molecule has 2 nitrogen and oxygen atoms in total. The summed E-state index contributed by atoms with van der Waals surface area (Å²) in [6.45, 7) is 10.0. The average molecular weight is 192 g/mol. The molecule has 0 amide bonds. The molecule has 0 heterocycles. The highest BCUT2D eigenvalue weighted by Gasteiger charge is 2.05. The predicted molar refractivity (Wildman–Crippen MR) is 58.9 cm³/mol. The van der Waals surface area contributed by atoms with Crippen molar-refractivity contribution >= 4 is 5.69 Å². The number of hydrogen-bond acceptors (Lipinski definition) is 2. The van der Waals surface area contributed by atoms with Gasteiger partial charge in [-0.1, -0.05) is 11.6 Å². The SMILES string of the molecule is CCN(CC)c1cc([O-])c(C)cc1C. The normalized spacial score (nSPS) is 10.3. The van der Waals surface area contributed by atoms with Gasteiger partial charge in [-0.2, -0.15) is 0 Å². The van der Waals surface area contributed by atoms with Gasteiger partial charge in [0, 0.05) is 18.8 Å². The molecule has 14 heavy (non-hydrogen) atoms. The molecule has 2 heteroatoms. The molecule has 0 N–H and O–H groups in total. The molecule has 0 aliphatic carbocycles. The van der Waals surface area contributed by atoms with Crippen molar-refractivity contribution in [2.75, 3.05) is 18.0 Å². The van der Waals surface area contributed by atoms with Gasteiger partial charge in [-0.05, 0) is 39.3 Å². The number of nitrogens with zero attached hydrogens (tertiary/aromatic N) is 1. The minimum absolute atomic E-state index is 0.137. The first kappa shape index (κ1) is 10.9. The summed E-state index contributed by atoms with van der Waals surface area (Å²) >= 11 is 0. The maximum Gasteiger partial charge on any atom is 0.0389 e. The summed E-state index contributed by atoms with van der Waals surface area (Å²) in [6, 6.07) is 3.72. The van der Waals surface area contributed by atoms with Crippen molar-refractivity contribution in [3.63, 3.8) is 0 Å². The van der Waals surface area contributed by atoms with Gasteiger partial charge in [-0.3, -0.25) is 0 Å². The zero-order valence-electron chi connectivity index (χ0n) is 9.42. The first-order valence-electron chi connectivity index (χ1n) is 5.13. The van der Waals surface area contributed by atoms with Crippen molar-refractivity contribution in [2.45, 2.75) is 27.7 Å². The first-order valence-corrected chi connectivity index (χ1v) is 5.13. The van der Waals surface area contributed by atoms with E-state index < -0.39 is 0 Å². The molecular formula is C12H18NO-. The zero-order valence-corrected chi connectivity index (χ0v) is 9.42. The first-order chi connectivity index (χ1) is 6.60. The molecule has 0 bridgehead atoms. The van der Waals surface area contributed by atoms with Gasteiger partial charge < -0.3 is 10.0 Å². The minimum Gasteiger partial charge on any atom is -0.872 e. The van der Waals surface area contributed by atoms with E-state index in [1.807, 2.05) is 13.0 Å². The van der Waals surface area contributed by atoms with Gasteiger partial charge in [0.2, 0.25) is 0 Å². The predicted octanol–water partition coefficient (Wildman–Crippen LogP) is 2.22. The quantitative estimate of drug-likeness (QED) is 0.734. The third kappa shape index (κ3) is 2.00. The fraction of sp³-hybridized carbons (Fsp3) is 0.500. The lowest BCUT2D eigenvalue weighted by molar-refractivity contribution is -0.269. The van der Waals surface area contributed by atoms with E-state index in [0.717, 1.165) is 24.3 Å². The summed E-state index contributed by atoms with van der Waals surface area (Å²) in [5.41, 5.74) is 3.09. The van der Waals surface area contributed by atoms with Gasteiger partial charge in [-0.25, -0.2) is 0 Å². The third-order valence-electron chi connectivity index (χ3n) is 2.60. The molecule has 1 rings (SSSR count). The van der Waals surface area contributed by atoms with E-state index in [1.165, 1.54) is 5.56 Å². The Bertz CT molecular complexity index is 316. The van der Waals surface area contributed by atoms with Crippen LogP contribution >= 0.6 is 0 Å². The van der Waals surface area contributed by atoms with Gasteiger partial charge in [0.1, 0.15) is 0 Å². The fourth-order valence-electron chi connectivity index (χ4n) is 1.73. The van der Waals surface area contributed by atoms with Crippen LogP contribution < -0.4 is 10.0 Å². The monoisotopic (exact) mass is 192 g/mol. The molecule has 0 aliphatic heterocycles. The van der Waals surface area contributed by atoms with E-state index in [2.05, 4.69) is 25.7 Å². The van der Waals surface area contributed by atoms with Crippen LogP contribution in [-0.2, 0) is 0 Å². The molecule has 0 aromatic heterocycles. The van der Waals surface area contributed by atoms with Crippen molar-refractivity contribution in [3.8, 4) is 5.75 Å². The van der Waals surface area contributed by atoms with Crippen LogP contribution in [0.1, 0.15) is 25.0 Å². The molecule has 0 saturated carbocycles. The molecule has 0 unspecified atom stereocenters. The highest BCUT2D eigenvalue weighted by Crippen LogP contribution is 2.26. The smallest absolute Gasteiger partial charge is 0.0389 e. The topological polar surface area (TPSA) is 26.3 Å². The standard InChI is InChI=1S/C12H19NO/c1-5-13(6-2)11-8-12(14)10(4)7-9(11)3/h7-8,14H,5-6H2,1-4H3/p-1. The minimum atomic E-state index is 0.137. The Labute approximate surface area is 86.2 Å². The van der Waals surface area contributed by atoms with Crippen LogP contribution in [-0.4, -0.2) is 13.1 Å². The maximum atomic E-state index is 11.5. The highest BCUT2D eigenvalue weighted by atomic mass is 16.3. The van der Waals surface area contributed by atoms with Gasteiger partial charge in [-0.15, -0.1) is 5.75 Å². The largest absolute Gasteiger partial charge is 0.872 e. The Kier molecular flexibility index (Phi) is 3.39. The Morgan fingerprint density at radius 3 is 2.14 bits per heavy atom. The number of rotatable bonds is 3. The second-order valence-corrected chi connectivity index (χ2v) is 3.58. The molecule has 0 fully saturated rings. The van der Waals surface area contributed by atoms with E-state index in [9.17, 15) is 5.11 Å². The second kappa shape index (κ2) is 4.36. The molecule has 0 radical (unpaired) electrons. The Hall–Kier alpha value is -1.18. The Morgan fingerprint density at radius 1 is 1.07 bits per heavy atom. The van der Waals surface area contributed by atoms with E-state index in [1.54, 1.807) is 6.07 Å². The van der Waals surface area contributed by atoms with Crippen LogP contribution in [0.25, 0.3) is 0 Å². The van der Waals surface area contributed by atoms with Gasteiger partial charge in [0.25, 0.3) is 0 Å². The molecular weight excluding hydrogens is 174 g/mol. The van der Waals surface area contributed by atoms with E-state index >= 15 is 0 Å². The summed E-state index contributed by atoms with van der Waals surface area (Å²) in [5, 5.41) is 11.5. The molecule has 0 atom stereocenters. The number of benzene rings is 1. The van der Waals surface area contributed by atoms with Crippen LogP contribution in [0, 0.1) is 13.8 Å². The summed E-state index contributed by atoms with van der Waals surface area (Å²) < 4.78 is 0. The van der Waals surface area contributed by atoms with Gasteiger partial charge in [0.05, 0.1) is 0 Å². The molecule has 0 aliphatic rings. The van der Waals surface area contributed by atoms with Crippen LogP contribution in [0.15, 0.2) is 12.1 Å². The van der Waals surface area contributed by atoms with Crippen molar-refractivity contribution in [2.24, 2.45) is 0 Å². The van der Waals surface area contributed by atoms with E-state index in [4.69, 9.17) is 0 Å². The number of anilines is 1. The lowest BCUT2D eigenvalue weighted by atomic mass is 10.1. The van der Waals surface area contributed by atoms with E-state index in [-0.39, 0.29) is 5.75 Å². The Morgan fingerprint density at radius 2 is 1.64 bits per heavy atom. The van der Waals surface area contributed by atoms with Crippen LogP contribution in [0.5, 0.6) is 5.75 Å². The molecule has 0 spiro atoms.